The van der Waals surface area contributed by atoms with E-state index in [9.17, 15) is 14.4 Å². The Labute approximate surface area is 168 Å². The molecular weight excluding hydrogens is 380 g/mol. The molecule has 152 valence electrons. The minimum Gasteiger partial charge on any atom is -0.464 e. The minimum atomic E-state index is -1.95. The average Bonchev–Trinajstić information content (AvgIpc) is 2.98. The molecule has 7 nitrogen and oxygen atoms in total. The molecule has 0 saturated heterocycles. The molecule has 0 aliphatic heterocycles. The van der Waals surface area contributed by atoms with Crippen LogP contribution in [-0.2, 0) is 30.3 Å². The number of aromatic amines is 1. The van der Waals surface area contributed by atoms with Gasteiger partial charge in [-0.15, -0.1) is 11.8 Å². The molecule has 0 aliphatic rings. The van der Waals surface area contributed by atoms with E-state index in [0.29, 0.717) is 0 Å². The van der Waals surface area contributed by atoms with Crippen molar-refractivity contribution in [3.05, 3.63) is 29.8 Å². The fourth-order valence-corrected chi connectivity index (χ4v) is 3.89. The van der Waals surface area contributed by atoms with E-state index in [1.54, 1.807) is 25.6 Å². The molecule has 28 heavy (non-hydrogen) atoms. The van der Waals surface area contributed by atoms with Gasteiger partial charge in [0, 0.05) is 24.2 Å². The van der Waals surface area contributed by atoms with Gasteiger partial charge in [0.15, 0.2) is 0 Å². The molecule has 2 aromatic rings. The molecule has 0 unspecified atom stereocenters. The second kappa shape index (κ2) is 9.64. The van der Waals surface area contributed by atoms with Crippen molar-refractivity contribution in [1.82, 2.24) is 10.3 Å². The van der Waals surface area contributed by atoms with Crippen molar-refractivity contribution in [2.45, 2.75) is 44.7 Å². The highest BCUT2D eigenvalue weighted by atomic mass is 32.2. The number of H-pyrrole nitrogens is 1. The molecule has 8 heteroatoms. The van der Waals surface area contributed by atoms with E-state index in [1.807, 2.05) is 31.2 Å². The van der Waals surface area contributed by atoms with Gasteiger partial charge >= 0.3 is 11.9 Å². The van der Waals surface area contributed by atoms with Gasteiger partial charge in [0.05, 0.1) is 18.2 Å². The molecule has 0 spiro atoms. The van der Waals surface area contributed by atoms with Crippen LogP contribution in [0.2, 0.25) is 0 Å². The summed E-state index contributed by atoms with van der Waals surface area (Å²) in [5.41, 5.74) is -0.304. The number of hydrogen-bond acceptors (Lipinski definition) is 6. The van der Waals surface area contributed by atoms with E-state index in [-0.39, 0.29) is 19.6 Å². The van der Waals surface area contributed by atoms with E-state index in [0.717, 1.165) is 27.2 Å². The molecule has 1 amide bonds. The predicted molar refractivity (Wildman–Crippen MR) is 108 cm³/mol. The summed E-state index contributed by atoms with van der Waals surface area (Å²) in [7, 11) is 0. The third kappa shape index (κ3) is 4.49. The Hall–Kier alpha value is -2.48. The number of nitrogens with one attached hydrogen (secondary N) is 2. The van der Waals surface area contributed by atoms with E-state index >= 15 is 0 Å². The summed E-state index contributed by atoms with van der Waals surface area (Å²) in [4.78, 5) is 41.1. The van der Waals surface area contributed by atoms with Gasteiger partial charge in [-0.1, -0.05) is 25.1 Å². The van der Waals surface area contributed by atoms with Crippen LogP contribution >= 0.6 is 11.8 Å². The average molecular weight is 407 g/mol. The number of amides is 1. The van der Waals surface area contributed by atoms with Gasteiger partial charge in [0.1, 0.15) is 0 Å². The predicted octanol–water partition coefficient (Wildman–Crippen LogP) is 2.82. The van der Waals surface area contributed by atoms with Crippen LogP contribution in [0.15, 0.2) is 29.3 Å². The SMILES string of the molecule is CCOC(=O)C(Cc1c(SCC)[nH]c2ccccc12)(NC(C)=O)C(=O)OCC. The number of esters is 2. The van der Waals surface area contributed by atoms with Crippen molar-refractivity contribution in [1.29, 1.82) is 0 Å². The Morgan fingerprint density at radius 1 is 1.07 bits per heavy atom. The van der Waals surface area contributed by atoms with Gasteiger partial charge in [-0.3, -0.25) is 4.79 Å². The zero-order chi connectivity index (χ0) is 20.7. The van der Waals surface area contributed by atoms with Gasteiger partial charge < -0.3 is 19.8 Å². The lowest BCUT2D eigenvalue weighted by Gasteiger charge is -2.30. The number of carbonyl (C=O) groups excluding carboxylic acids is 3. The van der Waals surface area contributed by atoms with Gasteiger partial charge in [0.2, 0.25) is 11.4 Å². The van der Waals surface area contributed by atoms with Crippen LogP contribution in [0.5, 0.6) is 0 Å². The number of aromatic nitrogens is 1. The number of benzene rings is 1. The summed E-state index contributed by atoms with van der Waals surface area (Å²) in [6.07, 6.45) is -0.0728. The molecule has 0 aliphatic carbocycles. The van der Waals surface area contributed by atoms with E-state index in [2.05, 4.69) is 10.3 Å². The van der Waals surface area contributed by atoms with Crippen molar-refractivity contribution in [3.8, 4) is 0 Å². The lowest BCUT2D eigenvalue weighted by Crippen LogP contribution is -2.62. The standard InChI is InChI=1S/C20H26N2O5S/c1-5-26-18(24)20(22-13(4)23,19(25)27-6-2)12-15-14-10-8-9-11-16(14)21-17(15)28-7-3/h8-11,21H,5-7,12H2,1-4H3,(H,22,23). The molecule has 0 fully saturated rings. The summed E-state index contributed by atoms with van der Waals surface area (Å²) in [5, 5.41) is 4.24. The molecule has 0 bridgehead atoms. The van der Waals surface area contributed by atoms with E-state index < -0.39 is 23.4 Å². The first kappa shape index (κ1) is 21.8. The Bertz CT molecular complexity index is 843. The first-order chi connectivity index (χ1) is 13.4. The van der Waals surface area contributed by atoms with Gasteiger partial charge in [-0.05, 0) is 31.2 Å². The normalized spacial score (nSPS) is 11.3. The lowest BCUT2D eigenvalue weighted by molar-refractivity contribution is -0.168. The third-order valence-corrected chi connectivity index (χ3v) is 5.07. The van der Waals surface area contributed by atoms with Crippen LogP contribution in [-0.4, -0.2) is 47.3 Å². The fourth-order valence-electron chi connectivity index (χ4n) is 3.07. The van der Waals surface area contributed by atoms with Crippen LogP contribution < -0.4 is 5.32 Å². The maximum absolute atomic E-state index is 12.9. The summed E-state index contributed by atoms with van der Waals surface area (Å²) in [6, 6.07) is 7.62. The third-order valence-electron chi connectivity index (χ3n) is 4.14. The molecule has 2 rings (SSSR count). The first-order valence-corrected chi connectivity index (χ1v) is 10.2. The Morgan fingerprint density at radius 2 is 1.68 bits per heavy atom. The molecule has 2 N–H and O–H groups in total. The summed E-state index contributed by atoms with van der Waals surface area (Å²) < 4.78 is 10.3. The smallest absolute Gasteiger partial charge is 0.344 e. The monoisotopic (exact) mass is 406 g/mol. The summed E-state index contributed by atoms with van der Waals surface area (Å²) in [5.74, 6) is -1.39. The number of carbonyl (C=O) groups is 3. The number of hydrogen-bond donors (Lipinski definition) is 2. The highest BCUT2D eigenvalue weighted by molar-refractivity contribution is 7.99. The number of fused-ring (bicyclic) bond motifs is 1. The van der Waals surface area contributed by atoms with E-state index in [1.165, 1.54) is 6.92 Å². The van der Waals surface area contributed by atoms with Crippen molar-refractivity contribution < 1.29 is 23.9 Å². The quantitative estimate of drug-likeness (QED) is 0.378. The zero-order valence-electron chi connectivity index (χ0n) is 16.6. The van der Waals surface area contributed by atoms with Crippen LogP contribution in [0, 0.1) is 0 Å². The maximum atomic E-state index is 12.9. The second-order valence-corrected chi connectivity index (χ2v) is 7.39. The van der Waals surface area contributed by atoms with Crippen LogP contribution in [0.25, 0.3) is 10.9 Å². The zero-order valence-corrected chi connectivity index (χ0v) is 17.4. The summed E-state index contributed by atoms with van der Waals surface area (Å²) in [6.45, 7) is 6.70. The molecule has 0 radical (unpaired) electrons. The number of rotatable bonds is 9. The number of ether oxygens (including phenoxy) is 2. The Balaban J connectivity index is 2.65. The topological polar surface area (TPSA) is 97.5 Å². The molecule has 1 aromatic carbocycles. The maximum Gasteiger partial charge on any atom is 0.344 e. The Morgan fingerprint density at radius 3 is 2.21 bits per heavy atom. The number of para-hydroxylation sites is 1. The molecule has 0 saturated carbocycles. The van der Waals surface area contributed by atoms with Gasteiger partial charge in [-0.2, -0.15) is 0 Å². The molecule has 1 aromatic heterocycles. The molecule has 1 heterocycles. The molecule has 0 atom stereocenters. The highest BCUT2D eigenvalue weighted by Gasteiger charge is 2.51. The van der Waals surface area contributed by atoms with Crippen molar-refractivity contribution in [2.24, 2.45) is 0 Å². The van der Waals surface area contributed by atoms with Crippen LogP contribution in [0.4, 0.5) is 0 Å². The minimum absolute atomic E-state index is 0.0728. The van der Waals surface area contributed by atoms with Crippen molar-refractivity contribution in [3.63, 3.8) is 0 Å². The van der Waals surface area contributed by atoms with E-state index in [4.69, 9.17) is 9.47 Å². The Kier molecular flexibility index (Phi) is 7.51. The fraction of sp³-hybridized carbons (Fsp3) is 0.450. The van der Waals surface area contributed by atoms with Crippen molar-refractivity contribution in [2.75, 3.05) is 19.0 Å². The van der Waals surface area contributed by atoms with Crippen LogP contribution in [0.3, 0.4) is 0 Å². The highest BCUT2D eigenvalue weighted by Crippen LogP contribution is 2.33. The van der Waals surface area contributed by atoms with Gasteiger partial charge in [0.25, 0.3) is 0 Å². The first-order valence-electron chi connectivity index (χ1n) is 9.25. The van der Waals surface area contributed by atoms with Crippen molar-refractivity contribution >= 4 is 40.5 Å². The largest absolute Gasteiger partial charge is 0.464 e. The summed E-state index contributed by atoms with van der Waals surface area (Å²) >= 11 is 1.56. The molecular formula is C20H26N2O5S. The van der Waals surface area contributed by atoms with Gasteiger partial charge in [-0.25, -0.2) is 9.59 Å². The van der Waals surface area contributed by atoms with Crippen LogP contribution in [0.1, 0.15) is 33.3 Å². The number of thioether (sulfide) groups is 1. The second-order valence-electron chi connectivity index (χ2n) is 6.12. The lowest BCUT2D eigenvalue weighted by atomic mass is 9.90.